The summed E-state index contributed by atoms with van der Waals surface area (Å²) in [5, 5.41) is 0. The van der Waals surface area contributed by atoms with Gasteiger partial charge in [-0.2, -0.15) is 9.29 Å². The van der Waals surface area contributed by atoms with Crippen molar-refractivity contribution in [2.75, 3.05) is 31.1 Å². The Bertz CT molecular complexity index is 1110. The maximum atomic E-state index is 13.0. The quantitative estimate of drug-likeness (QED) is 0.621. The highest BCUT2D eigenvalue weighted by Gasteiger charge is 2.29. The molecular weight excluding hydrogens is 407 g/mol. The van der Waals surface area contributed by atoms with Crippen molar-refractivity contribution in [3.63, 3.8) is 0 Å². The molecule has 0 N–H and O–H groups in total. The lowest BCUT2D eigenvalue weighted by atomic mass is 10.2. The Labute approximate surface area is 174 Å². The van der Waals surface area contributed by atoms with Crippen LogP contribution in [0.15, 0.2) is 65.7 Å². The van der Waals surface area contributed by atoms with Gasteiger partial charge in [-0.05, 0) is 43.3 Å². The van der Waals surface area contributed by atoms with E-state index in [-0.39, 0.29) is 5.82 Å². The van der Waals surface area contributed by atoms with Gasteiger partial charge in [-0.1, -0.05) is 17.7 Å². The van der Waals surface area contributed by atoms with Crippen LogP contribution in [0.25, 0.3) is 0 Å². The zero-order valence-electron chi connectivity index (χ0n) is 16.4. The van der Waals surface area contributed by atoms with Gasteiger partial charge in [0.2, 0.25) is 21.9 Å². The number of hydrogen-bond acceptors (Lipinski definition) is 6. The van der Waals surface area contributed by atoms with Crippen molar-refractivity contribution in [2.24, 2.45) is 0 Å². The Kier molecular flexibility index (Phi) is 5.65. The minimum Gasteiger partial charge on any atom is -0.439 e. The second-order valence-electron chi connectivity index (χ2n) is 6.96. The Morgan fingerprint density at radius 2 is 1.60 bits per heavy atom. The Morgan fingerprint density at radius 3 is 2.27 bits per heavy atom. The summed E-state index contributed by atoms with van der Waals surface area (Å²) in [6.45, 7) is 3.52. The summed E-state index contributed by atoms with van der Waals surface area (Å²) in [6, 6.07) is 14.1. The molecule has 30 heavy (non-hydrogen) atoms. The first-order valence-corrected chi connectivity index (χ1v) is 10.9. The summed E-state index contributed by atoms with van der Waals surface area (Å²) in [5.41, 5.74) is 1.01. The van der Waals surface area contributed by atoms with Gasteiger partial charge >= 0.3 is 0 Å². The van der Waals surface area contributed by atoms with Gasteiger partial charge in [0.1, 0.15) is 11.6 Å². The average molecular weight is 428 g/mol. The van der Waals surface area contributed by atoms with Crippen LogP contribution in [0.3, 0.4) is 0 Å². The van der Waals surface area contributed by atoms with E-state index in [1.54, 1.807) is 36.5 Å². The fourth-order valence-electron chi connectivity index (χ4n) is 3.15. The topological polar surface area (TPSA) is 75.6 Å². The number of sulfonamides is 1. The van der Waals surface area contributed by atoms with E-state index < -0.39 is 10.0 Å². The van der Waals surface area contributed by atoms with Gasteiger partial charge in [-0.3, -0.25) is 0 Å². The van der Waals surface area contributed by atoms with Gasteiger partial charge in [0, 0.05) is 38.4 Å². The second-order valence-corrected chi connectivity index (χ2v) is 8.89. The molecule has 1 aliphatic heterocycles. The number of hydrogen-bond donors (Lipinski definition) is 0. The minimum atomic E-state index is -3.53. The smallest absolute Gasteiger partial charge is 0.243 e. The molecule has 1 aromatic heterocycles. The zero-order valence-corrected chi connectivity index (χ0v) is 17.2. The number of anilines is 1. The number of rotatable bonds is 5. The van der Waals surface area contributed by atoms with Gasteiger partial charge in [0.05, 0.1) is 4.90 Å². The molecule has 0 spiro atoms. The van der Waals surface area contributed by atoms with Crippen LogP contribution in [0.1, 0.15) is 5.56 Å². The van der Waals surface area contributed by atoms with E-state index in [1.165, 1.54) is 28.6 Å². The molecule has 0 radical (unpaired) electrons. The van der Waals surface area contributed by atoms with Crippen molar-refractivity contribution in [1.82, 2.24) is 14.3 Å². The first-order valence-electron chi connectivity index (χ1n) is 9.50. The van der Waals surface area contributed by atoms with Crippen molar-refractivity contribution in [2.45, 2.75) is 11.8 Å². The SMILES string of the molecule is Cc1ccc(S(=O)(=O)N2CCN(c3nccc(Oc4ccc(F)cc4)n3)CC2)cc1. The molecular formula is C21H21FN4O3S. The van der Waals surface area contributed by atoms with Crippen molar-refractivity contribution >= 4 is 16.0 Å². The lowest BCUT2D eigenvalue weighted by Gasteiger charge is -2.34. The maximum Gasteiger partial charge on any atom is 0.243 e. The zero-order chi connectivity index (χ0) is 21.1. The van der Waals surface area contributed by atoms with E-state index in [0.29, 0.717) is 48.7 Å². The Hall–Kier alpha value is -3.04. The molecule has 3 aromatic rings. The summed E-state index contributed by atoms with van der Waals surface area (Å²) in [7, 11) is -3.53. The first-order chi connectivity index (χ1) is 14.4. The molecule has 1 saturated heterocycles. The molecule has 156 valence electrons. The number of aryl methyl sites for hydroxylation is 1. The van der Waals surface area contributed by atoms with Crippen LogP contribution in [-0.4, -0.2) is 48.9 Å². The molecule has 0 bridgehead atoms. The van der Waals surface area contributed by atoms with Crippen LogP contribution in [-0.2, 0) is 10.0 Å². The van der Waals surface area contributed by atoms with E-state index in [1.807, 2.05) is 11.8 Å². The van der Waals surface area contributed by atoms with E-state index >= 15 is 0 Å². The molecule has 0 saturated carbocycles. The molecule has 2 heterocycles. The highest BCUT2D eigenvalue weighted by atomic mass is 32.2. The molecule has 1 aliphatic rings. The van der Waals surface area contributed by atoms with Gasteiger partial charge in [-0.15, -0.1) is 0 Å². The molecule has 0 aliphatic carbocycles. The standard InChI is InChI=1S/C21H21FN4O3S/c1-16-2-8-19(9-3-16)30(27,28)26-14-12-25(13-15-26)21-23-11-10-20(24-21)29-18-6-4-17(22)5-7-18/h2-11H,12-15H2,1H3. The third kappa shape index (κ3) is 4.42. The summed E-state index contributed by atoms with van der Waals surface area (Å²) >= 11 is 0. The second kappa shape index (κ2) is 8.37. The highest BCUT2D eigenvalue weighted by Crippen LogP contribution is 2.23. The summed E-state index contributed by atoms with van der Waals surface area (Å²) in [5.74, 6) is 0.919. The minimum absolute atomic E-state index is 0.299. The van der Waals surface area contributed by atoms with Gasteiger partial charge in [0.25, 0.3) is 0 Å². The third-order valence-corrected chi connectivity index (χ3v) is 6.75. The van der Waals surface area contributed by atoms with Crippen molar-refractivity contribution in [1.29, 1.82) is 0 Å². The van der Waals surface area contributed by atoms with Gasteiger partial charge < -0.3 is 9.64 Å². The fraction of sp³-hybridized carbons (Fsp3) is 0.238. The first kappa shape index (κ1) is 20.2. The molecule has 1 fully saturated rings. The predicted molar refractivity (Wildman–Crippen MR) is 111 cm³/mol. The molecule has 0 atom stereocenters. The molecule has 0 amide bonds. The van der Waals surface area contributed by atoms with Crippen LogP contribution < -0.4 is 9.64 Å². The molecule has 0 unspecified atom stereocenters. The Morgan fingerprint density at radius 1 is 0.933 bits per heavy atom. The van der Waals surface area contributed by atoms with Crippen LogP contribution in [0.5, 0.6) is 11.6 Å². The molecule has 9 heteroatoms. The number of piperazine rings is 1. The number of nitrogens with zero attached hydrogens (tertiary/aromatic N) is 4. The van der Waals surface area contributed by atoms with Crippen LogP contribution >= 0.6 is 0 Å². The van der Waals surface area contributed by atoms with Gasteiger partial charge in [0.15, 0.2) is 0 Å². The average Bonchev–Trinajstić information content (AvgIpc) is 2.76. The number of halogens is 1. The van der Waals surface area contributed by atoms with Gasteiger partial charge in [-0.25, -0.2) is 17.8 Å². The normalized spacial score (nSPS) is 15.2. The largest absolute Gasteiger partial charge is 0.439 e. The highest BCUT2D eigenvalue weighted by molar-refractivity contribution is 7.89. The lowest BCUT2D eigenvalue weighted by Crippen LogP contribution is -2.49. The lowest BCUT2D eigenvalue weighted by molar-refractivity contribution is 0.381. The maximum absolute atomic E-state index is 13.0. The third-order valence-electron chi connectivity index (χ3n) is 4.83. The monoisotopic (exact) mass is 428 g/mol. The van der Waals surface area contributed by atoms with Crippen molar-refractivity contribution < 1.29 is 17.5 Å². The van der Waals surface area contributed by atoms with Crippen molar-refractivity contribution in [3.8, 4) is 11.6 Å². The number of aromatic nitrogens is 2. The predicted octanol–water partition coefficient (Wildman–Crippen LogP) is 3.23. The van der Waals surface area contributed by atoms with E-state index in [0.717, 1.165) is 5.56 Å². The fourth-order valence-corrected chi connectivity index (χ4v) is 4.57. The summed E-state index contributed by atoms with van der Waals surface area (Å²) in [4.78, 5) is 10.9. The van der Waals surface area contributed by atoms with E-state index in [9.17, 15) is 12.8 Å². The summed E-state index contributed by atoms with van der Waals surface area (Å²) < 4.78 is 45.9. The van der Waals surface area contributed by atoms with Crippen molar-refractivity contribution in [3.05, 3.63) is 72.2 Å². The Balaban J connectivity index is 1.42. The molecule has 7 nitrogen and oxygen atoms in total. The molecule has 4 rings (SSSR count). The molecule has 2 aromatic carbocycles. The number of ether oxygens (including phenoxy) is 1. The summed E-state index contributed by atoms with van der Waals surface area (Å²) in [6.07, 6.45) is 1.58. The van der Waals surface area contributed by atoms with E-state index in [2.05, 4.69) is 9.97 Å². The number of benzene rings is 2. The van der Waals surface area contributed by atoms with E-state index in [4.69, 9.17) is 4.74 Å². The van der Waals surface area contributed by atoms with Crippen LogP contribution in [0.4, 0.5) is 10.3 Å². The van der Waals surface area contributed by atoms with Crippen LogP contribution in [0.2, 0.25) is 0 Å². The van der Waals surface area contributed by atoms with Crippen LogP contribution in [0, 0.1) is 12.7 Å².